The molecule has 0 aliphatic heterocycles. The Kier molecular flexibility index (Phi) is 4.06. The topological polar surface area (TPSA) is 34.0 Å². The molecular formula is C14H11Br3N2O. The van der Waals surface area contributed by atoms with Crippen molar-refractivity contribution < 1.29 is 4.79 Å². The second-order valence-corrected chi connectivity index (χ2v) is 7.45. The third kappa shape index (κ3) is 3.02. The normalized spacial score (nSPS) is 14.3. The summed E-state index contributed by atoms with van der Waals surface area (Å²) in [5.41, 5.74) is 1.45. The van der Waals surface area contributed by atoms with Crippen molar-refractivity contribution in [1.29, 1.82) is 0 Å². The van der Waals surface area contributed by atoms with Gasteiger partial charge in [0.25, 0.3) is 5.91 Å². The lowest BCUT2D eigenvalue weighted by Gasteiger charge is -2.10. The summed E-state index contributed by atoms with van der Waals surface area (Å²) >= 11 is 10.3. The summed E-state index contributed by atoms with van der Waals surface area (Å²) in [6, 6.07) is 8.00. The molecular weight excluding hydrogens is 452 g/mol. The van der Waals surface area contributed by atoms with Crippen LogP contribution in [0.4, 0.5) is 5.69 Å². The largest absolute Gasteiger partial charge is 0.339 e. The van der Waals surface area contributed by atoms with Crippen LogP contribution in [0.3, 0.4) is 0 Å². The summed E-state index contributed by atoms with van der Waals surface area (Å²) in [6.07, 6.45) is 4.26. The maximum atomic E-state index is 12.4. The SMILES string of the molecule is O=C(Nc1ccc(Br)cc1Br)c1cc(Br)cn1C1CC1. The van der Waals surface area contributed by atoms with Gasteiger partial charge in [-0.1, -0.05) is 15.9 Å². The quantitative estimate of drug-likeness (QED) is 0.654. The summed E-state index contributed by atoms with van der Waals surface area (Å²) in [6.45, 7) is 0. The smallest absolute Gasteiger partial charge is 0.272 e. The number of rotatable bonds is 3. The van der Waals surface area contributed by atoms with Crippen molar-refractivity contribution in [2.75, 3.05) is 5.32 Å². The maximum Gasteiger partial charge on any atom is 0.272 e. The molecule has 0 bridgehead atoms. The summed E-state index contributed by atoms with van der Waals surface area (Å²) in [5.74, 6) is -0.0920. The highest BCUT2D eigenvalue weighted by molar-refractivity contribution is 9.11. The number of nitrogens with one attached hydrogen (secondary N) is 1. The van der Waals surface area contributed by atoms with Crippen LogP contribution in [0.15, 0.2) is 43.9 Å². The Morgan fingerprint density at radius 3 is 2.55 bits per heavy atom. The molecule has 0 spiro atoms. The Bertz CT molecular complexity index is 677. The fourth-order valence-electron chi connectivity index (χ4n) is 2.06. The van der Waals surface area contributed by atoms with Crippen LogP contribution in [0, 0.1) is 0 Å². The van der Waals surface area contributed by atoms with E-state index in [2.05, 4.69) is 53.1 Å². The zero-order chi connectivity index (χ0) is 14.3. The van der Waals surface area contributed by atoms with Gasteiger partial charge in [0.1, 0.15) is 5.69 Å². The van der Waals surface area contributed by atoms with Crippen molar-refractivity contribution in [3.8, 4) is 0 Å². The first-order valence-electron chi connectivity index (χ1n) is 6.18. The molecule has 1 fully saturated rings. The molecule has 3 nitrogen and oxygen atoms in total. The number of carbonyl (C=O) groups excluding carboxylic acids is 1. The van der Waals surface area contributed by atoms with Crippen LogP contribution in [0.5, 0.6) is 0 Å². The van der Waals surface area contributed by atoms with E-state index in [9.17, 15) is 4.79 Å². The number of benzene rings is 1. The molecule has 6 heteroatoms. The van der Waals surface area contributed by atoms with Gasteiger partial charge in [-0.2, -0.15) is 0 Å². The van der Waals surface area contributed by atoms with E-state index in [0.717, 1.165) is 31.9 Å². The Labute approximate surface area is 142 Å². The number of aromatic nitrogens is 1. The van der Waals surface area contributed by atoms with Gasteiger partial charge in [0.2, 0.25) is 0 Å². The van der Waals surface area contributed by atoms with Gasteiger partial charge in [-0.3, -0.25) is 4.79 Å². The lowest BCUT2D eigenvalue weighted by molar-refractivity contribution is 0.101. The highest BCUT2D eigenvalue weighted by Gasteiger charge is 2.27. The minimum Gasteiger partial charge on any atom is -0.339 e. The second kappa shape index (κ2) is 5.66. The fraction of sp³-hybridized carbons (Fsp3) is 0.214. The molecule has 0 unspecified atom stereocenters. The van der Waals surface area contributed by atoms with Crippen LogP contribution in [0.1, 0.15) is 29.4 Å². The first-order chi connectivity index (χ1) is 9.54. The van der Waals surface area contributed by atoms with Gasteiger partial charge >= 0.3 is 0 Å². The van der Waals surface area contributed by atoms with E-state index in [1.54, 1.807) is 0 Å². The molecule has 0 atom stereocenters. The van der Waals surface area contributed by atoms with Crippen molar-refractivity contribution in [2.24, 2.45) is 0 Å². The minimum absolute atomic E-state index is 0.0920. The molecule has 20 heavy (non-hydrogen) atoms. The predicted octanol–water partition coefficient (Wildman–Crippen LogP) is 5.36. The van der Waals surface area contributed by atoms with E-state index in [-0.39, 0.29) is 5.91 Å². The van der Waals surface area contributed by atoms with Crippen molar-refractivity contribution in [3.05, 3.63) is 49.6 Å². The second-order valence-electron chi connectivity index (χ2n) is 4.76. The van der Waals surface area contributed by atoms with E-state index >= 15 is 0 Å². The molecule has 1 N–H and O–H groups in total. The number of anilines is 1. The number of hydrogen-bond donors (Lipinski definition) is 1. The Morgan fingerprint density at radius 2 is 1.90 bits per heavy atom. The van der Waals surface area contributed by atoms with Crippen molar-refractivity contribution in [2.45, 2.75) is 18.9 Å². The van der Waals surface area contributed by atoms with Gasteiger partial charge in [-0.05, 0) is 69.0 Å². The summed E-state index contributed by atoms with van der Waals surface area (Å²) < 4.78 is 4.80. The van der Waals surface area contributed by atoms with Crippen LogP contribution in [0.25, 0.3) is 0 Å². The van der Waals surface area contributed by atoms with Crippen LogP contribution < -0.4 is 5.32 Å². The van der Waals surface area contributed by atoms with Gasteiger partial charge in [-0.25, -0.2) is 0 Å². The monoisotopic (exact) mass is 460 g/mol. The van der Waals surface area contributed by atoms with E-state index in [4.69, 9.17) is 0 Å². The number of hydrogen-bond acceptors (Lipinski definition) is 1. The van der Waals surface area contributed by atoms with Gasteiger partial charge < -0.3 is 9.88 Å². The van der Waals surface area contributed by atoms with Gasteiger partial charge in [0.15, 0.2) is 0 Å². The first-order valence-corrected chi connectivity index (χ1v) is 8.56. The Morgan fingerprint density at radius 1 is 1.15 bits per heavy atom. The van der Waals surface area contributed by atoms with Gasteiger partial charge in [-0.15, -0.1) is 0 Å². The van der Waals surface area contributed by atoms with Crippen molar-refractivity contribution >= 4 is 59.4 Å². The highest BCUT2D eigenvalue weighted by atomic mass is 79.9. The van der Waals surface area contributed by atoms with E-state index < -0.39 is 0 Å². The number of halogens is 3. The van der Waals surface area contributed by atoms with E-state index in [1.165, 1.54) is 0 Å². The average Bonchev–Trinajstić information content (AvgIpc) is 3.16. The minimum atomic E-state index is -0.0920. The molecule has 1 aliphatic carbocycles. The molecule has 1 aliphatic rings. The Balaban J connectivity index is 1.86. The molecule has 2 aromatic rings. The molecule has 1 aromatic heterocycles. The van der Waals surface area contributed by atoms with E-state index in [1.807, 2.05) is 35.0 Å². The highest BCUT2D eigenvalue weighted by Crippen LogP contribution is 2.37. The predicted molar refractivity (Wildman–Crippen MR) is 90.2 cm³/mol. The molecule has 1 heterocycles. The molecule has 104 valence electrons. The molecule has 1 amide bonds. The maximum absolute atomic E-state index is 12.4. The third-order valence-electron chi connectivity index (χ3n) is 3.17. The van der Waals surface area contributed by atoms with Crippen LogP contribution in [-0.4, -0.2) is 10.5 Å². The average molecular weight is 463 g/mol. The molecule has 1 aromatic carbocycles. The van der Waals surface area contributed by atoms with Gasteiger partial charge in [0.05, 0.1) is 5.69 Å². The zero-order valence-electron chi connectivity index (χ0n) is 10.4. The number of nitrogens with zero attached hydrogens (tertiary/aromatic N) is 1. The molecule has 3 rings (SSSR count). The number of amides is 1. The standard InChI is InChI=1S/C14H11Br3N2O/c15-8-1-4-12(11(17)5-8)18-14(20)13-6-9(16)7-19(13)10-2-3-10/h1,4-7,10H,2-3H2,(H,18,20). The summed E-state index contributed by atoms with van der Waals surface area (Å²) in [7, 11) is 0. The van der Waals surface area contributed by atoms with Crippen LogP contribution in [0.2, 0.25) is 0 Å². The van der Waals surface area contributed by atoms with Crippen molar-refractivity contribution in [1.82, 2.24) is 4.57 Å². The lowest BCUT2D eigenvalue weighted by atomic mass is 10.3. The molecule has 0 saturated heterocycles. The number of carbonyl (C=O) groups is 1. The van der Waals surface area contributed by atoms with Crippen molar-refractivity contribution in [3.63, 3.8) is 0 Å². The first kappa shape index (κ1) is 14.4. The zero-order valence-corrected chi connectivity index (χ0v) is 15.1. The van der Waals surface area contributed by atoms with Gasteiger partial charge in [0, 0.05) is 25.7 Å². The summed E-state index contributed by atoms with van der Waals surface area (Å²) in [5, 5.41) is 2.94. The fourth-order valence-corrected chi connectivity index (χ4v) is 3.64. The van der Waals surface area contributed by atoms with Crippen LogP contribution in [-0.2, 0) is 0 Å². The van der Waals surface area contributed by atoms with E-state index in [0.29, 0.717) is 11.7 Å². The molecule has 0 radical (unpaired) electrons. The van der Waals surface area contributed by atoms with Crippen LogP contribution >= 0.6 is 47.8 Å². The summed E-state index contributed by atoms with van der Waals surface area (Å²) in [4.78, 5) is 12.4. The Hall–Kier alpha value is -0.590. The third-order valence-corrected chi connectivity index (χ3v) is 4.75. The molecule has 1 saturated carbocycles. The lowest BCUT2D eigenvalue weighted by Crippen LogP contribution is -2.16.